The Morgan fingerprint density at radius 1 is 1.48 bits per heavy atom. The predicted octanol–water partition coefficient (Wildman–Crippen LogP) is 3.44. The molecule has 0 aromatic heterocycles. The fraction of sp³-hybridized carbons (Fsp3) is 0.778. The lowest BCUT2D eigenvalue weighted by molar-refractivity contribution is -0.135. The molecule has 1 saturated carbocycles. The molecule has 0 bridgehead atoms. The number of allylic oxidation sites excluding steroid dienone is 2. The summed E-state index contributed by atoms with van der Waals surface area (Å²) in [6, 6.07) is -0.177. The number of carbonyl (C=O) groups excluding carboxylic acids is 1. The highest BCUT2D eigenvalue weighted by molar-refractivity contribution is 6.05. The number of alkyl halides is 1. The van der Waals surface area contributed by atoms with Gasteiger partial charge in [-0.15, -0.1) is 0 Å². The van der Waals surface area contributed by atoms with Crippen LogP contribution < -0.4 is 5.32 Å². The summed E-state index contributed by atoms with van der Waals surface area (Å²) in [5.41, 5.74) is 0.875. The Hall–Kier alpha value is -1.23. The second-order valence-electron chi connectivity index (χ2n) is 6.58. The quantitative estimate of drug-likeness (QED) is 0.814. The third-order valence-corrected chi connectivity index (χ3v) is 4.97. The highest BCUT2D eigenvalue weighted by Crippen LogP contribution is 2.36. The Bertz CT molecular complexity index is 485. The van der Waals surface area contributed by atoms with E-state index >= 15 is 0 Å². The zero-order valence-electron chi connectivity index (χ0n) is 14.8. The van der Waals surface area contributed by atoms with E-state index in [2.05, 4.69) is 25.2 Å². The van der Waals surface area contributed by atoms with Crippen LogP contribution in [0.15, 0.2) is 16.8 Å². The fourth-order valence-corrected chi connectivity index (χ4v) is 3.64. The number of nitrogens with zero attached hydrogens (tertiary/aromatic N) is 2. The van der Waals surface area contributed by atoms with Gasteiger partial charge in [0.15, 0.2) is 0 Å². The minimum absolute atomic E-state index is 0.0184. The standard InChI is InChI=1S/C18H30FN3O/c1-5-7-9-12(3)22-17(14(6-2)20-4)21-15-11-8-10-13(19)16(15)18(22)23/h9,13-16,20H,5-8,10-11H2,1-4H3/b12-9+/t13?,14-,15-,16?/m0/s1. The van der Waals surface area contributed by atoms with Crippen LogP contribution in [0.3, 0.4) is 0 Å². The number of amides is 1. The first-order chi connectivity index (χ1) is 11.0. The van der Waals surface area contributed by atoms with Crippen molar-refractivity contribution in [2.24, 2.45) is 10.9 Å². The van der Waals surface area contributed by atoms with Gasteiger partial charge in [0.2, 0.25) is 5.91 Å². The molecule has 0 aromatic carbocycles. The highest BCUT2D eigenvalue weighted by atomic mass is 19.1. The molecule has 1 aliphatic heterocycles. The van der Waals surface area contributed by atoms with E-state index < -0.39 is 12.1 Å². The van der Waals surface area contributed by atoms with Crippen LogP contribution in [-0.2, 0) is 4.79 Å². The van der Waals surface area contributed by atoms with Gasteiger partial charge < -0.3 is 5.32 Å². The number of likely N-dealkylation sites (N-methyl/N-ethyl adjacent to an activating group) is 1. The number of nitrogens with one attached hydrogen (secondary N) is 1. The number of hydrogen-bond donors (Lipinski definition) is 1. The van der Waals surface area contributed by atoms with Crippen molar-refractivity contribution in [3.8, 4) is 0 Å². The molecule has 23 heavy (non-hydrogen) atoms. The van der Waals surface area contributed by atoms with Gasteiger partial charge in [0.25, 0.3) is 0 Å². The molecule has 0 saturated heterocycles. The molecular formula is C18H30FN3O. The summed E-state index contributed by atoms with van der Waals surface area (Å²) in [5.74, 6) is 0.0535. The van der Waals surface area contributed by atoms with Gasteiger partial charge in [-0.05, 0) is 46.1 Å². The number of fused-ring (bicyclic) bond motifs is 1. The lowest BCUT2D eigenvalue weighted by Gasteiger charge is -2.42. The molecule has 2 aliphatic rings. The number of amidine groups is 1. The van der Waals surface area contributed by atoms with Crippen LogP contribution in [0.1, 0.15) is 59.3 Å². The topological polar surface area (TPSA) is 44.7 Å². The van der Waals surface area contributed by atoms with Gasteiger partial charge in [0.1, 0.15) is 12.0 Å². The Labute approximate surface area is 139 Å². The summed E-state index contributed by atoms with van der Waals surface area (Å²) in [6.07, 6.45) is 5.87. The molecule has 1 N–H and O–H groups in total. The lowest BCUT2D eigenvalue weighted by Crippen LogP contribution is -2.57. The van der Waals surface area contributed by atoms with Crippen LogP contribution in [-0.4, -0.2) is 41.9 Å². The van der Waals surface area contributed by atoms with Crippen molar-refractivity contribution in [2.75, 3.05) is 7.05 Å². The zero-order chi connectivity index (χ0) is 17.0. The molecule has 0 radical (unpaired) electrons. The van der Waals surface area contributed by atoms with Crippen LogP contribution in [0.25, 0.3) is 0 Å². The Morgan fingerprint density at radius 3 is 2.83 bits per heavy atom. The maximum Gasteiger partial charge on any atom is 0.240 e. The van der Waals surface area contributed by atoms with E-state index in [1.54, 1.807) is 4.90 Å². The van der Waals surface area contributed by atoms with Crippen LogP contribution in [0.5, 0.6) is 0 Å². The normalized spacial score (nSPS) is 30.0. The second kappa shape index (κ2) is 8.04. The van der Waals surface area contributed by atoms with Crippen molar-refractivity contribution in [3.05, 3.63) is 11.8 Å². The number of aliphatic imine (C=N–C) groups is 1. The second-order valence-corrected chi connectivity index (χ2v) is 6.58. The summed E-state index contributed by atoms with van der Waals surface area (Å²) >= 11 is 0. The van der Waals surface area contributed by atoms with Crippen LogP contribution in [0.4, 0.5) is 4.39 Å². The zero-order valence-corrected chi connectivity index (χ0v) is 14.8. The van der Waals surface area contributed by atoms with Crippen LogP contribution in [0.2, 0.25) is 0 Å². The first kappa shape index (κ1) is 18.1. The summed E-state index contributed by atoms with van der Waals surface area (Å²) < 4.78 is 14.4. The maximum absolute atomic E-state index is 14.4. The van der Waals surface area contributed by atoms with E-state index in [-0.39, 0.29) is 18.0 Å². The van der Waals surface area contributed by atoms with Crippen molar-refractivity contribution >= 4 is 11.7 Å². The molecule has 1 aliphatic carbocycles. The van der Waals surface area contributed by atoms with Crippen molar-refractivity contribution in [1.29, 1.82) is 0 Å². The number of unbranched alkanes of at least 4 members (excludes halogenated alkanes) is 1. The number of halogens is 1. The van der Waals surface area contributed by atoms with Gasteiger partial charge >= 0.3 is 0 Å². The smallest absolute Gasteiger partial charge is 0.240 e. The Morgan fingerprint density at radius 2 is 2.22 bits per heavy atom. The minimum atomic E-state index is -1.07. The number of carbonyl (C=O) groups is 1. The predicted molar refractivity (Wildman–Crippen MR) is 92.1 cm³/mol. The monoisotopic (exact) mass is 323 g/mol. The van der Waals surface area contributed by atoms with Gasteiger partial charge in [-0.3, -0.25) is 14.7 Å². The fourth-order valence-electron chi connectivity index (χ4n) is 3.64. The van der Waals surface area contributed by atoms with Crippen molar-refractivity contribution in [1.82, 2.24) is 10.2 Å². The Kier molecular flexibility index (Phi) is 6.33. The molecule has 130 valence electrons. The minimum Gasteiger partial charge on any atom is -0.310 e. The molecular weight excluding hydrogens is 293 g/mol. The maximum atomic E-state index is 14.4. The van der Waals surface area contributed by atoms with Crippen LogP contribution >= 0.6 is 0 Å². The molecule has 0 aromatic rings. The third kappa shape index (κ3) is 3.65. The first-order valence-electron chi connectivity index (χ1n) is 8.94. The van der Waals surface area contributed by atoms with Gasteiger partial charge in [-0.1, -0.05) is 26.3 Å². The summed E-state index contributed by atoms with van der Waals surface area (Å²) in [6.45, 7) is 6.11. The summed E-state index contributed by atoms with van der Waals surface area (Å²) in [7, 11) is 1.88. The van der Waals surface area contributed by atoms with Gasteiger partial charge in [0, 0.05) is 5.70 Å². The molecule has 0 spiro atoms. The van der Waals surface area contributed by atoms with E-state index in [9.17, 15) is 9.18 Å². The lowest BCUT2D eigenvalue weighted by atomic mass is 9.80. The van der Waals surface area contributed by atoms with E-state index in [0.29, 0.717) is 6.42 Å². The average Bonchev–Trinajstić information content (AvgIpc) is 2.53. The molecule has 4 nitrogen and oxygen atoms in total. The molecule has 1 fully saturated rings. The largest absolute Gasteiger partial charge is 0.310 e. The van der Waals surface area contributed by atoms with Crippen LogP contribution in [0, 0.1) is 5.92 Å². The SMILES string of the molecule is CCC/C=C(\C)N1C(=O)C2C(F)CCC[C@@H]2N=C1[C@H](CC)NC. The van der Waals surface area contributed by atoms with E-state index in [1.807, 2.05) is 14.0 Å². The van der Waals surface area contributed by atoms with Gasteiger partial charge in [-0.2, -0.15) is 0 Å². The van der Waals surface area contributed by atoms with Gasteiger partial charge in [-0.25, -0.2) is 4.39 Å². The third-order valence-electron chi connectivity index (χ3n) is 4.97. The highest BCUT2D eigenvalue weighted by Gasteiger charge is 2.46. The average molecular weight is 323 g/mol. The van der Waals surface area contributed by atoms with E-state index in [1.165, 1.54) is 0 Å². The van der Waals surface area contributed by atoms with Crippen molar-refractivity contribution in [3.63, 3.8) is 0 Å². The number of rotatable bonds is 6. The van der Waals surface area contributed by atoms with Crippen molar-refractivity contribution in [2.45, 2.75) is 77.6 Å². The Balaban J connectivity index is 2.43. The number of hydrogen-bond acceptors (Lipinski definition) is 3. The molecule has 5 heteroatoms. The van der Waals surface area contributed by atoms with E-state index in [0.717, 1.165) is 43.6 Å². The molecule has 1 amide bonds. The molecule has 4 atom stereocenters. The first-order valence-corrected chi connectivity index (χ1v) is 8.94. The van der Waals surface area contributed by atoms with Gasteiger partial charge in [0.05, 0.1) is 18.0 Å². The summed E-state index contributed by atoms with van der Waals surface area (Å²) in [5, 5.41) is 3.24. The molecule has 2 rings (SSSR count). The summed E-state index contributed by atoms with van der Waals surface area (Å²) in [4.78, 5) is 19.6. The molecule has 1 heterocycles. The van der Waals surface area contributed by atoms with E-state index in [4.69, 9.17) is 4.99 Å². The van der Waals surface area contributed by atoms with Crippen molar-refractivity contribution < 1.29 is 9.18 Å². The molecule has 2 unspecified atom stereocenters.